The Morgan fingerprint density at radius 2 is 1.42 bits per heavy atom. The molecule has 0 spiro atoms. The van der Waals surface area contributed by atoms with Gasteiger partial charge >= 0.3 is 5.97 Å². The minimum atomic E-state index is -0.204. The van der Waals surface area contributed by atoms with Gasteiger partial charge in [0.15, 0.2) is 0 Å². The third-order valence-corrected chi connectivity index (χ3v) is 20.7. The first kappa shape index (κ1) is 42.5. The zero-order valence-electron chi connectivity index (χ0n) is 38.3. The number of thiophene rings is 3. The van der Waals surface area contributed by atoms with Crippen LogP contribution in [0.15, 0.2) is 108 Å². The molecule has 0 radical (unpaired) electrons. The zero-order chi connectivity index (χ0) is 43.7. The highest BCUT2D eigenvalue weighted by atomic mass is 32.1. The van der Waals surface area contributed by atoms with Crippen LogP contribution in [0.1, 0.15) is 110 Å². The maximum absolute atomic E-state index is 13.2. The molecule has 3 aromatic heterocycles. The van der Waals surface area contributed by atoms with E-state index in [1.54, 1.807) is 16.9 Å². The van der Waals surface area contributed by atoms with E-state index in [2.05, 4.69) is 137 Å². The predicted octanol–water partition coefficient (Wildman–Crippen LogP) is 17.1. The molecule has 64 heavy (non-hydrogen) atoms. The van der Waals surface area contributed by atoms with Crippen molar-refractivity contribution in [1.29, 1.82) is 0 Å². The third-order valence-electron chi connectivity index (χ3n) is 17.1. The van der Waals surface area contributed by atoms with E-state index in [1.807, 2.05) is 28.9 Å². The van der Waals surface area contributed by atoms with E-state index in [-0.39, 0.29) is 24.0 Å². The quantitative estimate of drug-likeness (QED) is 0.0530. The number of allylic oxidation sites excluding steroid dienone is 1. The number of rotatable bonds is 12. The van der Waals surface area contributed by atoms with Crippen molar-refractivity contribution in [2.75, 3.05) is 6.54 Å². The van der Waals surface area contributed by atoms with E-state index in [4.69, 9.17) is 4.74 Å². The van der Waals surface area contributed by atoms with Crippen molar-refractivity contribution < 1.29 is 9.53 Å². The van der Waals surface area contributed by atoms with Crippen LogP contribution in [0.2, 0.25) is 0 Å². The van der Waals surface area contributed by atoms with Crippen LogP contribution in [0.3, 0.4) is 0 Å². The largest absolute Gasteiger partial charge is 0.461 e. The van der Waals surface area contributed by atoms with Gasteiger partial charge in [0.2, 0.25) is 0 Å². The Morgan fingerprint density at radius 1 is 0.734 bits per heavy atom. The fourth-order valence-electron chi connectivity index (χ4n) is 13.9. The van der Waals surface area contributed by atoms with Gasteiger partial charge in [0.05, 0.1) is 0 Å². The number of benzene rings is 4. The summed E-state index contributed by atoms with van der Waals surface area (Å²) in [5.74, 6) is 4.81. The van der Waals surface area contributed by atoms with Gasteiger partial charge in [0.1, 0.15) is 12.6 Å². The van der Waals surface area contributed by atoms with Gasteiger partial charge in [0, 0.05) is 41.9 Å². The highest BCUT2D eigenvalue weighted by molar-refractivity contribution is 7.27. The van der Waals surface area contributed by atoms with Crippen molar-refractivity contribution >= 4 is 78.5 Å². The number of hydrogen-bond acceptors (Lipinski definition) is 6. The van der Waals surface area contributed by atoms with E-state index < -0.39 is 0 Å². The molecule has 8 atom stereocenters. The zero-order valence-corrected chi connectivity index (χ0v) is 40.8. The van der Waals surface area contributed by atoms with Crippen molar-refractivity contribution in [2.24, 2.45) is 51.3 Å². The van der Waals surface area contributed by atoms with Crippen LogP contribution in [0.4, 0.5) is 0 Å². The molecule has 330 valence electrons. The topological polar surface area (TPSA) is 38.7 Å². The number of nitrogens with zero attached hydrogens (tertiary/aromatic N) is 1. The molecule has 0 amide bonds. The van der Waals surface area contributed by atoms with Crippen molar-refractivity contribution in [1.82, 2.24) is 0 Å². The average molecular weight is 902 g/mol. The van der Waals surface area contributed by atoms with Crippen molar-refractivity contribution in [3.63, 3.8) is 0 Å². The maximum Gasteiger partial charge on any atom is 0.327 e. The van der Waals surface area contributed by atoms with Crippen LogP contribution >= 0.6 is 34.0 Å². The Balaban J connectivity index is 0.695. The molecule has 3 saturated carbocycles. The van der Waals surface area contributed by atoms with E-state index in [9.17, 15) is 4.79 Å². The molecule has 0 aliphatic heterocycles. The lowest BCUT2D eigenvalue weighted by Crippen LogP contribution is -2.51. The maximum atomic E-state index is 13.2. The molecule has 3 nitrogen and oxygen atoms in total. The minimum absolute atomic E-state index is 0.0309. The van der Waals surface area contributed by atoms with E-state index in [0.717, 1.165) is 59.6 Å². The summed E-state index contributed by atoms with van der Waals surface area (Å²) in [6.45, 7) is 12.6. The lowest BCUT2D eigenvalue weighted by molar-refractivity contribution is -0.149. The molecule has 0 N–H and O–H groups in total. The molecule has 0 saturated heterocycles. The summed E-state index contributed by atoms with van der Waals surface area (Å²) in [7, 11) is 0. The summed E-state index contributed by atoms with van der Waals surface area (Å²) in [6, 6.07) is 33.6. The third kappa shape index (κ3) is 7.52. The summed E-state index contributed by atoms with van der Waals surface area (Å²) in [5, 5.41) is 7.94. The van der Waals surface area contributed by atoms with Crippen LogP contribution in [-0.2, 0) is 9.53 Å². The first-order chi connectivity index (χ1) is 31.1. The molecule has 11 rings (SSSR count). The van der Waals surface area contributed by atoms with Gasteiger partial charge in [-0.3, -0.25) is 9.79 Å². The number of hydrogen-bond donors (Lipinski definition) is 0. The molecule has 3 heterocycles. The van der Waals surface area contributed by atoms with E-state index in [0.29, 0.717) is 5.41 Å². The van der Waals surface area contributed by atoms with Gasteiger partial charge in [-0.15, -0.1) is 34.0 Å². The number of carbonyl (C=O) groups is 1. The summed E-state index contributed by atoms with van der Waals surface area (Å²) in [4.78, 5) is 25.1. The van der Waals surface area contributed by atoms with Crippen molar-refractivity contribution in [3.05, 3.63) is 108 Å². The monoisotopic (exact) mass is 901 g/mol. The molecular weight excluding hydrogens is 839 g/mol. The van der Waals surface area contributed by atoms with Gasteiger partial charge in [-0.25, -0.2) is 0 Å². The molecule has 0 unspecified atom stereocenters. The molecule has 0 bridgehead atoms. The van der Waals surface area contributed by atoms with Gasteiger partial charge in [-0.1, -0.05) is 120 Å². The highest BCUT2D eigenvalue weighted by Gasteiger charge is 2.59. The Labute approximate surface area is 392 Å². The number of aliphatic imine (C=N–C) groups is 1. The first-order valence-electron chi connectivity index (χ1n) is 24.4. The number of esters is 1. The molecule has 6 heteroatoms. The Bertz CT molecular complexity index is 2870. The fourth-order valence-corrected chi connectivity index (χ4v) is 17.0. The second-order valence-corrected chi connectivity index (χ2v) is 24.4. The first-order valence-corrected chi connectivity index (χ1v) is 26.9. The lowest BCUT2D eigenvalue weighted by Gasteiger charge is -2.58. The van der Waals surface area contributed by atoms with Crippen LogP contribution in [0, 0.1) is 46.3 Å². The second kappa shape index (κ2) is 17.0. The Kier molecular flexibility index (Phi) is 11.3. The van der Waals surface area contributed by atoms with Crippen LogP contribution in [0.5, 0.6) is 0 Å². The second-order valence-electron chi connectivity index (χ2n) is 21.1. The van der Waals surface area contributed by atoms with Gasteiger partial charge < -0.3 is 4.74 Å². The number of fused-ring (bicyclic) bond motifs is 5. The smallest absolute Gasteiger partial charge is 0.327 e. The molecule has 4 aromatic carbocycles. The Morgan fingerprint density at radius 3 is 2.20 bits per heavy atom. The fraction of sp³-hybridized carbons (Fsp3) is 0.448. The van der Waals surface area contributed by atoms with E-state index in [1.165, 1.54) is 114 Å². The molecular formula is C58H63NO2S3. The number of carbonyl (C=O) groups excluding carboxylic acids is 1. The van der Waals surface area contributed by atoms with Crippen molar-refractivity contribution in [3.8, 4) is 29.9 Å². The molecule has 3 fully saturated rings. The normalized spacial score (nSPS) is 27.3. The average Bonchev–Trinajstić information content (AvgIpc) is 4.12. The molecule has 4 aliphatic carbocycles. The lowest BCUT2D eigenvalue weighted by atomic mass is 9.47. The minimum Gasteiger partial charge on any atom is -0.461 e. The summed E-state index contributed by atoms with van der Waals surface area (Å²) in [5.41, 5.74) is 3.64. The Hall–Kier alpha value is -4.10. The summed E-state index contributed by atoms with van der Waals surface area (Å²) >= 11 is 5.43. The highest BCUT2D eigenvalue weighted by Crippen LogP contribution is 2.67. The van der Waals surface area contributed by atoms with Crippen molar-refractivity contribution in [2.45, 2.75) is 111 Å². The molecule has 7 aromatic rings. The van der Waals surface area contributed by atoms with Gasteiger partial charge in [-0.2, -0.15) is 0 Å². The van der Waals surface area contributed by atoms with Gasteiger partial charge in [0.25, 0.3) is 0 Å². The van der Waals surface area contributed by atoms with E-state index >= 15 is 0 Å². The van der Waals surface area contributed by atoms with Crippen LogP contribution in [0.25, 0.3) is 62.3 Å². The van der Waals surface area contributed by atoms with Gasteiger partial charge in [-0.05, 0) is 166 Å². The standard InChI is InChI=1S/C58H63NO2S3/c1-35(2)8-6-9-36(3)46-21-22-47-45-20-16-40-32-41(28-30-57(40,4)48(45)29-31-58(46,47)5)61-54(60)34-59-33-42-17-23-50(62-42)51-26-27-53(64-51)52-25-24-49(63-52)43-18-14-39-13-12-37-10-7-11-38-15-19-44(43)56(39)55(37)38/h7,10-19,23-27,33,35-36,41,45-48H,6,8-9,20-22,28-32,34H2,1-5H3/t36-,41+,45+,46-,47+,48+,57+,58-/m1/s1. The SMILES string of the molecule is CC(C)CCC[C@@H](C)[C@H]1CC[C@H]2[C@@H]3CC=C4C[C@@H](OC(=O)CN=Cc5ccc(-c6ccc(-c7ccc(-c8ccc9ccc%10cccc%11ccc8c9c%10%11)s7)s6)s5)CC[C@]4(C)[C@H]3CC[C@]12C. The molecule has 4 aliphatic rings. The van der Waals surface area contributed by atoms with Crippen LogP contribution < -0.4 is 0 Å². The summed E-state index contributed by atoms with van der Waals surface area (Å²) in [6.07, 6.45) is 18.5. The predicted molar refractivity (Wildman–Crippen MR) is 275 cm³/mol. The van der Waals surface area contributed by atoms with Crippen LogP contribution in [-0.4, -0.2) is 24.8 Å². The summed E-state index contributed by atoms with van der Waals surface area (Å²) < 4.78 is 6.14. The number of ether oxygens (including phenoxy) is 1.